The van der Waals surface area contributed by atoms with Crippen LogP contribution in [0, 0.1) is 0 Å². The van der Waals surface area contributed by atoms with Gasteiger partial charge in [-0.25, -0.2) is 5.48 Å². The molecule has 1 aliphatic rings. The number of hydroxylamine groups is 1. The van der Waals surface area contributed by atoms with Crippen LogP contribution in [0.2, 0.25) is 0 Å². The molecule has 0 aliphatic carbocycles. The molecule has 1 aliphatic heterocycles. The fraction of sp³-hybridized carbons (Fsp3) is 0.333. The summed E-state index contributed by atoms with van der Waals surface area (Å²) < 4.78 is 0. The maximum Gasteiger partial charge on any atom is 0.268 e. The van der Waals surface area contributed by atoms with Crippen LogP contribution < -0.4 is 16.5 Å². The lowest BCUT2D eigenvalue weighted by Crippen LogP contribution is -2.41. The Balaban J connectivity index is 1.98. The van der Waals surface area contributed by atoms with Crippen LogP contribution in [0.4, 0.5) is 0 Å². The Morgan fingerprint density at radius 3 is 2.72 bits per heavy atom. The van der Waals surface area contributed by atoms with Crippen LogP contribution in [0.1, 0.15) is 15.9 Å². The predicted octanol–water partition coefficient (Wildman–Crippen LogP) is -0.652. The van der Waals surface area contributed by atoms with Gasteiger partial charge in [-0.15, -0.1) is 0 Å². The van der Waals surface area contributed by atoms with Crippen LogP contribution in [0.3, 0.4) is 0 Å². The molecule has 2 rings (SSSR count). The van der Waals surface area contributed by atoms with Crippen LogP contribution in [0.15, 0.2) is 24.3 Å². The van der Waals surface area contributed by atoms with Crippen molar-refractivity contribution in [2.45, 2.75) is 12.5 Å². The van der Waals surface area contributed by atoms with Crippen molar-refractivity contribution in [1.82, 2.24) is 10.8 Å². The Morgan fingerprint density at radius 2 is 2.17 bits per heavy atom. The zero-order chi connectivity index (χ0) is 13.0. The lowest BCUT2D eigenvalue weighted by atomic mass is 10.1. The van der Waals surface area contributed by atoms with Crippen molar-refractivity contribution in [3.05, 3.63) is 35.4 Å². The van der Waals surface area contributed by atoms with E-state index in [-0.39, 0.29) is 18.4 Å². The zero-order valence-corrected chi connectivity index (χ0v) is 9.81. The van der Waals surface area contributed by atoms with Crippen molar-refractivity contribution in [3.8, 4) is 0 Å². The van der Waals surface area contributed by atoms with Crippen LogP contribution in [-0.4, -0.2) is 31.0 Å². The number of hydrogen-bond donors (Lipinski definition) is 3. The molecule has 4 N–H and O–H groups in total. The second kappa shape index (κ2) is 5.61. The molecule has 96 valence electrons. The van der Waals surface area contributed by atoms with Gasteiger partial charge in [-0.1, -0.05) is 12.1 Å². The summed E-state index contributed by atoms with van der Waals surface area (Å²) in [7, 11) is 0. The minimum Gasteiger partial charge on any atom is -0.338 e. The standard InChI is InChI=1S/C12H15N3O3/c13-6-5-8-1-3-9(4-2-8)11(16)14-10-7-18-15-12(10)17/h1-4,10H,5-7,13H2,(H,14,16)(H,15,17)/t10-/m1/s1. The minimum atomic E-state index is -0.624. The lowest BCUT2D eigenvalue weighted by Gasteiger charge is -2.08. The monoisotopic (exact) mass is 249 g/mol. The molecule has 1 saturated heterocycles. The summed E-state index contributed by atoms with van der Waals surface area (Å²) in [5.41, 5.74) is 9.22. The van der Waals surface area contributed by atoms with Gasteiger partial charge in [0.05, 0.1) is 0 Å². The smallest absolute Gasteiger partial charge is 0.268 e. The highest BCUT2D eigenvalue weighted by Crippen LogP contribution is 2.06. The first-order valence-electron chi connectivity index (χ1n) is 5.72. The van der Waals surface area contributed by atoms with Gasteiger partial charge in [0.25, 0.3) is 11.8 Å². The third-order valence-corrected chi connectivity index (χ3v) is 2.69. The predicted molar refractivity (Wildman–Crippen MR) is 64.5 cm³/mol. The molecule has 1 fully saturated rings. The van der Waals surface area contributed by atoms with E-state index in [1.165, 1.54) is 0 Å². The molecule has 1 atom stereocenters. The van der Waals surface area contributed by atoms with Gasteiger partial charge in [-0.3, -0.25) is 14.4 Å². The Morgan fingerprint density at radius 1 is 1.44 bits per heavy atom. The van der Waals surface area contributed by atoms with E-state index in [1.807, 2.05) is 12.1 Å². The maximum absolute atomic E-state index is 11.8. The first-order chi connectivity index (χ1) is 8.70. The molecule has 1 aromatic carbocycles. The quantitative estimate of drug-likeness (QED) is 0.661. The second-order valence-corrected chi connectivity index (χ2v) is 4.04. The van der Waals surface area contributed by atoms with Gasteiger partial charge < -0.3 is 11.1 Å². The fourth-order valence-electron chi connectivity index (χ4n) is 1.68. The summed E-state index contributed by atoms with van der Waals surface area (Å²) in [5.74, 6) is -0.622. The normalized spacial score (nSPS) is 18.5. The van der Waals surface area contributed by atoms with E-state index >= 15 is 0 Å². The Bertz CT molecular complexity index is 444. The molecule has 0 aromatic heterocycles. The molecule has 18 heavy (non-hydrogen) atoms. The number of benzene rings is 1. The van der Waals surface area contributed by atoms with E-state index in [0.717, 1.165) is 12.0 Å². The molecule has 6 nitrogen and oxygen atoms in total. The molecule has 1 heterocycles. The lowest BCUT2D eigenvalue weighted by molar-refractivity contribution is -0.125. The van der Waals surface area contributed by atoms with Crippen molar-refractivity contribution in [2.75, 3.05) is 13.2 Å². The molecule has 0 unspecified atom stereocenters. The van der Waals surface area contributed by atoms with Crippen LogP contribution in [-0.2, 0) is 16.1 Å². The van der Waals surface area contributed by atoms with Crippen molar-refractivity contribution >= 4 is 11.8 Å². The zero-order valence-electron chi connectivity index (χ0n) is 9.81. The van der Waals surface area contributed by atoms with Crippen molar-refractivity contribution in [2.24, 2.45) is 5.73 Å². The topological polar surface area (TPSA) is 93.5 Å². The number of nitrogens with two attached hydrogens (primary N) is 1. The van der Waals surface area contributed by atoms with E-state index < -0.39 is 6.04 Å². The number of hydrogen-bond acceptors (Lipinski definition) is 4. The molecule has 2 amide bonds. The highest BCUT2D eigenvalue weighted by atomic mass is 16.7. The van der Waals surface area contributed by atoms with E-state index in [2.05, 4.69) is 10.8 Å². The molecule has 1 aromatic rings. The molecule has 6 heteroatoms. The van der Waals surface area contributed by atoms with E-state index in [9.17, 15) is 9.59 Å². The van der Waals surface area contributed by atoms with Gasteiger partial charge >= 0.3 is 0 Å². The van der Waals surface area contributed by atoms with E-state index in [0.29, 0.717) is 12.1 Å². The fourth-order valence-corrected chi connectivity index (χ4v) is 1.68. The third kappa shape index (κ3) is 2.85. The van der Waals surface area contributed by atoms with Gasteiger partial charge in [-0.2, -0.15) is 0 Å². The molecule has 0 saturated carbocycles. The van der Waals surface area contributed by atoms with Crippen molar-refractivity contribution < 1.29 is 14.4 Å². The minimum absolute atomic E-state index is 0.149. The number of rotatable bonds is 4. The Kier molecular flexibility index (Phi) is 3.91. The number of carbonyl (C=O) groups excluding carboxylic acids is 2. The molecule has 0 bridgehead atoms. The van der Waals surface area contributed by atoms with Gasteiger partial charge in [0.2, 0.25) is 0 Å². The van der Waals surface area contributed by atoms with Gasteiger partial charge in [0, 0.05) is 5.56 Å². The number of carbonyl (C=O) groups is 2. The third-order valence-electron chi connectivity index (χ3n) is 2.69. The first kappa shape index (κ1) is 12.5. The summed E-state index contributed by atoms with van der Waals surface area (Å²) >= 11 is 0. The molecule has 0 spiro atoms. The summed E-state index contributed by atoms with van der Waals surface area (Å²) in [6.07, 6.45) is 0.779. The van der Waals surface area contributed by atoms with Gasteiger partial charge in [0.1, 0.15) is 12.6 Å². The number of nitrogens with one attached hydrogen (secondary N) is 2. The molecular weight excluding hydrogens is 234 g/mol. The number of amides is 2. The van der Waals surface area contributed by atoms with E-state index in [1.54, 1.807) is 12.1 Å². The molecular formula is C12H15N3O3. The summed E-state index contributed by atoms with van der Waals surface area (Å²) in [6.45, 7) is 0.723. The van der Waals surface area contributed by atoms with Gasteiger partial charge in [0.15, 0.2) is 0 Å². The largest absolute Gasteiger partial charge is 0.338 e. The SMILES string of the molecule is NCCc1ccc(C(=O)N[C@@H]2CONC2=O)cc1. The summed E-state index contributed by atoms with van der Waals surface area (Å²) in [5, 5.41) is 2.60. The van der Waals surface area contributed by atoms with Crippen LogP contribution in [0.25, 0.3) is 0 Å². The van der Waals surface area contributed by atoms with E-state index in [4.69, 9.17) is 10.6 Å². The van der Waals surface area contributed by atoms with Crippen molar-refractivity contribution in [3.63, 3.8) is 0 Å². The van der Waals surface area contributed by atoms with Crippen molar-refractivity contribution in [1.29, 1.82) is 0 Å². The Hall–Kier alpha value is -1.92. The first-order valence-corrected chi connectivity index (χ1v) is 5.72. The summed E-state index contributed by atoms with van der Waals surface area (Å²) in [4.78, 5) is 27.8. The maximum atomic E-state index is 11.8. The van der Waals surface area contributed by atoms with Crippen LogP contribution >= 0.6 is 0 Å². The van der Waals surface area contributed by atoms with Crippen LogP contribution in [0.5, 0.6) is 0 Å². The van der Waals surface area contributed by atoms with Gasteiger partial charge in [-0.05, 0) is 30.7 Å². The Labute approximate surface area is 104 Å². The highest BCUT2D eigenvalue weighted by molar-refractivity contribution is 5.97. The highest BCUT2D eigenvalue weighted by Gasteiger charge is 2.27. The average Bonchev–Trinajstić information content (AvgIpc) is 2.76. The summed E-state index contributed by atoms with van der Waals surface area (Å²) in [6, 6.07) is 6.52. The average molecular weight is 249 g/mol. The molecule has 0 radical (unpaired) electrons. The second-order valence-electron chi connectivity index (χ2n) is 4.04.